The van der Waals surface area contributed by atoms with Gasteiger partial charge >= 0.3 is 0 Å². The van der Waals surface area contributed by atoms with Gasteiger partial charge in [-0.05, 0) is 35.7 Å². The third-order valence-electron chi connectivity index (χ3n) is 3.48. The molecule has 1 aliphatic heterocycles. The largest absolute Gasteiger partial charge is 0.486 e. The summed E-state index contributed by atoms with van der Waals surface area (Å²) in [5.74, 6) is 1.51. The molecule has 1 aliphatic rings. The van der Waals surface area contributed by atoms with Crippen LogP contribution in [0.1, 0.15) is 22.7 Å². The van der Waals surface area contributed by atoms with Crippen LogP contribution >= 0.6 is 11.6 Å². The highest BCUT2D eigenvalue weighted by molar-refractivity contribution is 6.32. The highest BCUT2D eigenvalue weighted by Crippen LogP contribution is 2.35. The molecule has 3 rings (SSSR count). The van der Waals surface area contributed by atoms with Crippen molar-refractivity contribution in [2.24, 2.45) is 5.73 Å². The minimum atomic E-state index is -0.279. The molecule has 1 unspecified atom stereocenters. The molecule has 0 aromatic heterocycles. The van der Waals surface area contributed by atoms with Crippen LogP contribution in [0, 0.1) is 6.92 Å². The molecule has 0 bridgehead atoms. The number of halogens is 1. The maximum absolute atomic E-state index is 6.35. The minimum Gasteiger partial charge on any atom is -0.486 e. The second-order valence-corrected chi connectivity index (χ2v) is 5.24. The monoisotopic (exact) mass is 289 g/mol. The highest BCUT2D eigenvalue weighted by Gasteiger charge is 2.17. The molecule has 4 heteroatoms. The Hall–Kier alpha value is -1.71. The molecule has 2 N–H and O–H groups in total. The molecular weight excluding hydrogens is 274 g/mol. The summed E-state index contributed by atoms with van der Waals surface area (Å²) in [4.78, 5) is 0. The topological polar surface area (TPSA) is 44.5 Å². The molecule has 0 aliphatic carbocycles. The molecule has 20 heavy (non-hydrogen) atoms. The summed E-state index contributed by atoms with van der Waals surface area (Å²) in [7, 11) is 0. The molecule has 104 valence electrons. The average Bonchev–Trinajstić information content (AvgIpc) is 2.49. The summed E-state index contributed by atoms with van der Waals surface area (Å²) < 4.78 is 11.1. The molecule has 2 aromatic carbocycles. The number of rotatable bonds is 2. The molecule has 0 fully saturated rings. The van der Waals surface area contributed by atoms with E-state index in [9.17, 15) is 0 Å². The Bertz CT molecular complexity index is 642. The lowest BCUT2D eigenvalue weighted by molar-refractivity contribution is 0.171. The van der Waals surface area contributed by atoms with Crippen LogP contribution in [0.3, 0.4) is 0 Å². The van der Waals surface area contributed by atoms with Crippen molar-refractivity contribution in [3.8, 4) is 11.5 Å². The zero-order valence-corrected chi connectivity index (χ0v) is 12.0. The van der Waals surface area contributed by atoms with Crippen molar-refractivity contribution < 1.29 is 9.47 Å². The van der Waals surface area contributed by atoms with Crippen molar-refractivity contribution in [2.75, 3.05) is 13.2 Å². The van der Waals surface area contributed by atoms with Gasteiger partial charge in [0, 0.05) is 5.02 Å². The van der Waals surface area contributed by atoms with Crippen LogP contribution in [-0.2, 0) is 0 Å². The van der Waals surface area contributed by atoms with Crippen LogP contribution in [0.5, 0.6) is 11.5 Å². The molecular formula is C16H16ClNO2. The Morgan fingerprint density at radius 2 is 1.85 bits per heavy atom. The van der Waals surface area contributed by atoms with E-state index in [0.29, 0.717) is 13.2 Å². The molecule has 2 aromatic rings. The Morgan fingerprint density at radius 1 is 1.10 bits per heavy atom. The van der Waals surface area contributed by atoms with E-state index in [1.807, 2.05) is 43.3 Å². The maximum atomic E-state index is 6.35. The van der Waals surface area contributed by atoms with Crippen LogP contribution in [0.15, 0.2) is 36.4 Å². The molecule has 1 atom stereocenters. The fraction of sp³-hybridized carbons (Fsp3) is 0.250. The van der Waals surface area contributed by atoms with Crippen molar-refractivity contribution >= 4 is 11.6 Å². The van der Waals surface area contributed by atoms with Gasteiger partial charge in [-0.2, -0.15) is 0 Å². The van der Waals surface area contributed by atoms with Gasteiger partial charge in [-0.25, -0.2) is 0 Å². The predicted octanol–water partition coefficient (Wildman–Crippen LogP) is 3.47. The van der Waals surface area contributed by atoms with Crippen molar-refractivity contribution in [1.82, 2.24) is 0 Å². The number of fused-ring (bicyclic) bond motifs is 1. The first-order valence-electron chi connectivity index (χ1n) is 6.57. The molecule has 0 saturated heterocycles. The van der Waals surface area contributed by atoms with E-state index in [-0.39, 0.29) is 6.04 Å². The maximum Gasteiger partial charge on any atom is 0.161 e. The van der Waals surface area contributed by atoms with E-state index in [0.717, 1.165) is 33.2 Å². The average molecular weight is 290 g/mol. The number of hydrogen-bond donors (Lipinski definition) is 1. The summed E-state index contributed by atoms with van der Waals surface area (Å²) in [6.45, 7) is 3.13. The summed E-state index contributed by atoms with van der Waals surface area (Å²) in [6, 6.07) is 11.4. The Morgan fingerprint density at radius 3 is 2.65 bits per heavy atom. The van der Waals surface area contributed by atoms with Gasteiger partial charge in [-0.15, -0.1) is 0 Å². The number of nitrogens with two attached hydrogens (primary N) is 1. The summed E-state index contributed by atoms with van der Waals surface area (Å²) >= 11 is 6.35. The smallest absolute Gasteiger partial charge is 0.161 e. The summed E-state index contributed by atoms with van der Waals surface area (Å²) in [5.41, 5.74) is 9.24. The first kappa shape index (κ1) is 13.3. The SMILES string of the molecule is Cc1cccc(C(N)c2ccc3c(c2)OCCO3)c1Cl. The third-order valence-corrected chi connectivity index (χ3v) is 4.00. The molecule has 0 spiro atoms. The van der Waals surface area contributed by atoms with Gasteiger partial charge in [-0.3, -0.25) is 0 Å². The molecule has 1 heterocycles. The van der Waals surface area contributed by atoms with Crippen LogP contribution in [0.4, 0.5) is 0 Å². The Labute approximate surface area is 123 Å². The second-order valence-electron chi connectivity index (χ2n) is 4.86. The molecule has 0 radical (unpaired) electrons. The number of aryl methyl sites for hydroxylation is 1. The van der Waals surface area contributed by atoms with Gasteiger partial charge in [0.1, 0.15) is 13.2 Å². The minimum absolute atomic E-state index is 0.279. The number of ether oxygens (including phenoxy) is 2. The van der Waals surface area contributed by atoms with Gasteiger partial charge in [0.2, 0.25) is 0 Å². The number of hydrogen-bond acceptors (Lipinski definition) is 3. The van der Waals surface area contributed by atoms with Crippen molar-refractivity contribution in [3.05, 3.63) is 58.1 Å². The normalized spacial score (nSPS) is 14.9. The van der Waals surface area contributed by atoms with E-state index in [2.05, 4.69) is 0 Å². The van der Waals surface area contributed by atoms with E-state index in [1.165, 1.54) is 0 Å². The number of benzene rings is 2. The Kier molecular flexibility index (Phi) is 3.55. The van der Waals surface area contributed by atoms with Crippen molar-refractivity contribution in [3.63, 3.8) is 0 Å². The highest BCUT2D eigenvalue weighted by atomic mass is 35.5. The molecule has 3 nitrogen and oxygen atoms in total. The zero-order valence-electron chi connectivity index (χ0n) is 11.2. The van der Waals surface area contributed by atoms with Crippen LogP contribution in [-0.4, -0.2) is 13.2 Å². The summed E-state index contributed by atoms with van der Waals surface area (Å²) in [6.07, 6.45) is 0. The first-order valence-corrected chi connectivity index (χ1v) is 6.95. The second kappa shape index (κ2) is 5.35. The third kappa shape index (κ3) is 2.35. The van der Waals surface area contributed by atoms with Gasteiger partial charge in [0.25, 0.3) is 0 Å². The first-order chi connectivity index (χ1) is 9.66. The fourth-order valence-corrected chi connectivity index (χ4v) is 2.59. The predicted molar refractivity (Wildman–Crippen MR) is 79.7 cm³/mol. The van der Waals surface area contributed by atoms with Crippen LogP contribution in [0.25, 0.3) is 0 Å². The standard InChI is InChI=1S/C16H16ClNO2/c1-10-3-2-4-12(15(10)17)16(18)11-5-6-13-14(9-11)20-8-7-19-13/h2-6,9,16H,7-8,18H2,1H3. The van der Waals surface area contributed by atoms with Crippen LogP contribution < -0.4 is 15.2 Å². The zero-order chi connectivity index (χ0) is 14.1. The van der Waals surface area contributed by atoms with Gasteiger partial charge in [0.05, 0.1) is 6.04 Å². The quantitative estimate of drug-likeness (QED) is 0.921. The molecule has 0 saturated carbocycles. The molecule has 0 amide bonds. The van der Waals surface area contributed by atoms with Gasteiger partial charge < -0.3 is 15.2 Å². The van der Waals surface area contributed by atoms with E-state index in [4.69, 9.17) is 26.8 Å². The van der Waals surface area contributed by atoms with E-state index in [1.54, 1.807) is 0 Å². The lowest BCUT2D eigenvalue weighted by atomic mass is 9.97. The van der Waals surface area contributed by atoms with Crippen LogP contribution in [0.2, 0.25) is 5.02 Å². The fourth-order valence-electron chi connectivity index (χ4n) is 2.34. The Balaban J connectivity index is 1.98. The van der Waals surface area contributed by atoms with E-state index < -0.39 is 0 Å². The van der Waals surface area contributed by atoms with Crippen molar-refractivity contribution in [1.29, 1.82) is 0 Å². The van der Waals surface area contributed by atoms with Gasteiger partial charge in [0.15, 0.2) is 11.5 Å². The summed E-state index contributed by atoms with van der Waals surface area (Å²) in [5, 5.41) is 0.717. The lowest BCUT2D eigenvalue weighted by Gasteiger charge is -2.21. The van der Waals surface area contributed by atoms with E-state index >= 15 is 0 Å². The lowest BCUT2D eigenvalue weighted by Crippen LogP contribution is -2.17. The van der Waals surface area contributed by atoms with Crippen molar-refractivity contribution in [2.45, 2.75) is 13.0 Å². The van der Waals surface area contributed by atoms with Gasteiger partial charge in [-0.1, -0.05) is 35.9 Å².